The van der Waals surface area contributed by atoms with Gasteiger partial charge in [0, 0.05) is 25.4 Å². The average Bonchev–Trinajstić information content (AvgIpc) is 2.80. The Labute approximate surface area is 111 Å². The van der Waals surface area contributed by atoms with Gasteiger partial charge in [0.2, 0.25) is 0 Å². The van der Waals surface area contributed by atoms with Gasteiger partial charge in [-0.05, 0) is 13.3 Å². The third-order valence-electron chi connectivity index (χ3n) is 3.23. The average molecular weight is 288 g/mol. The summed E-state index contributed by atoms with van der Waals surface area (Å²) in [7, 11) is -2.53. The van der Waals surface area contributed by atoms with Crippen LogP contribution in [0.25, 0.3) is 0 Å². The van der Waals surface area contributed by atoms with E-state index in [4.69, 9.17) is 5.11 Å². The van der Waals surface area contributed by atoms with E-state index in [1.165, 1.54) is 7.05 Å². The third-order valence-corrected chi connectivity index (χ3v) is 4.83. The van der Waals surface area contributed by atoms with Crippen LogP contribution >= 0.6 is 0 Å². The van der Waals surface area contributed by atoms with Crippen molar-refractivity contribution in [3.05, 3.63) is 18.0 Å². The molecule has 1 aliphatic rings. The molecule has 19 heavy (non-hydrogen) atoms. The fourth-order valence-electron chi connectivity index (χ4n) is 2.04. The van der Waals surface area contributed by atoms with Crippen molar-refractivity contribution in [2.45, 2.75) is 32.0 Å². The van der Waals surface area contributed by atoms with Crippen LogP contribution < -0.4 is 4.72 Å². The molecule has 0 bridgehead atoms. The van der Waals surface area contributed by atoms with E-state index >= 15 is 0 Å². The van der Waals surface area contributed by atoms with Gasteiger partial charge < -0.3 is 5.11 Å². The second-order valence-corrected chi connectivity index (χ2v) is 6.17. The molecule has 106 valence electrons. The van der Waals surface area contributed by atoms with Crippen LogP contribution in [0, 0.1) is 0 Å². The van der Waals surface area contributed by atoms with Crippen molar-refractivity contribution in [3.8, 4) is 0 Å². The number of carbonyl (C=O) groups is 1. The number of aliphatic carboxylic acids is 1. The van der Waals surface area contributed by atoms with Crippen LogP contribution in [0.5, 0.6) is 0 Å². The van der Waals surface area contributed by atoms with Crippen LogP contribution in [0.4, 0.5) is 0 Å². The summed E-state index contributed by atoms with van der Waals surface area (Å²) >= 11 is 0. The Kier molecular flexibility index (Phi) is 3.61. The first-order valence-electron chi connectivity index (χ1n) is 5.85. The molecule has 0 saturated carbocycles. The number of nitrogens with zero attached hydrogens (tertiary/aromatic N) is 3. The molecule has 2 atom stereocenters. The Morgan fingerprint density at radius 2 is 2.32 bits per heavy atom. The Bertz CT molecular complexity index is 582. The summed E-state index contributed by atoms with van der Waals surface area (Å²) < 4.78 is 28.7. The molecule has 1 saturated heterocycles. The standard InChI is InChI=1S/C10H16N4O4S/c1-3-14-6-7(5-11-14)8-4-9(10(15)16)13(2)19(17,18)12-8/h5-6,8-9,12H,3-4H2,1-2H3,(H,15,16). The predicted octanol–water partition coefficient (Wildman–Crippen LogP) is -0.433. The highest BCUT2D eigenvalue weighted by molar-refractivity contribution is 7.87. The van der Waals surface area contributed by atoms with Crippen LogP contribution in [0.2, 0.25) is 0 Å². The number of carboxylic acid groups (broad SMARTS) is 1. The van der Waals surface area contributed by atoms with Gasteiger partial charge in [-0.1, -0.05) is 0 Å². The monoisotopic (exact) mass is 288 g/mol. The maximum absolute atomic E-state index is 11.9. The first-order chi connectivity index (χ1) is 8.85. The third kappa shape index (κ3) is 2.62. The largest absolute Gasteiger partial charge is 0.480 e. The van der Waals surface area contributed by atoms with E-state index in [0.29, 0.717) is 12.1 Å². The van der Waals surface area contributed by atoms with Crippen molar-refractivity contribution in [3.63, 3.8) is 0 Å². The molecular formula is C10H16N4O4S. The van der Waals surface area contributed by atoms with Gasteiger partial charge in [-0.15, -0.1) is 0 Å². The Morgan fingerprint density at radius 1 is 1.63 bits per heavy atom. The molecule has 1 aliphatic heterocycles. The van der Waals surface area contributed by atoms with E-state index in [1.807, 2.05) is 6.92 Å². The van der Waals surface area contributed by atoms with Crippen LogP contribution in [0.15, 0.2) is 12.4 Å². The quantitative estimate of drug-likeness (QED) is 0.785. The number of rotatable bonds is 3. The van der Waals surface area contributed by atoms with Crippen molar-refractivity contribution >= 4 is 16.2 Å². The summed E-state index contributed by atoms with van der Waals surface area (Å²) in [4.78, 5) is 11.1. The lowest BCUT2D eigenvalue weighted by molar-refractivity contribution is -0.141. The fourth-order valence-corrected chi connectivity index (χ4v) is 3.31. The molecule has 8 nitrogen and oxygen atoms in total. The number of nitrogens with one attached hydrogen (secondary N) is 1. The molecule has 2 rings (SSSR count). The van der Waals surface area contributed by atoms with Gasteiger partial charge in [0.1, 0.15) is 6.04 Å². The smallest absolute Gasteiger partial charge is 0.322 e. The zero-order valence-corrected chi connectivity index (χ0v) is 11.5. The van der Waals surface area contributed by atoms with Gasteiger partial charge in [0.15, 0.2) is 0 Å². The maximum atomic E-state index is 11.9. The predicted molar refractivity (Wildman–Crippen MR) is 66.5 cm³/mol. The van der Waals surface area contributed by atoms with E-state index < -0.39 is 28.3 Å². The van der Waals surface area contributed by atoms with Crippen LogP contribution in [-0.4, -0.2) is 46.7 Å². The van der Waals surface area contributed by atoms with Gasteiger partial charge >= 0.3 is 5.97 Å². The molecule has 2 unspecified atom stereocenters. The van der Waals surface area contributed by atoms with Gasteiger partial charge in [0.05, 0.1) is 12.2 Å². The zero-order valence-electron chi connectivity index (χ0n) is 10.6. The lowest BCUT2D eigenvalue weighted by Gasteiger charge is -2.34. The van der Waals surface area contributed by atoms with E-state index in [2.05, 4.69) is 9.82 Å². The number of aromatic nitrogens is 2. The van der Waals surface area contributed by atoms with Crippen molar-refractivity contribution < 1.29 is 18.3 Å². The SMILES string of the molecule is CCn1cc(C2CC(C(=O)O)N(C)S(=O)(=O)N2)cn1. The Hall–Kier alpha value is -1.45. The number of hydrogen-bond acceptors (Lipinski definition) is 4. The summed E-state index contributed by atoms with van der Waals surface area (Å²) in [6.07, 6.45) is 3.44. The van der Waals surface area contributed by atoms with Crippen LogP contribution in [0.1, 0.15) is 24.9 Å². The molecule has 2 heterocycles. The zero-order chi connectivity index (χ0) is 14.2. The molecule has 2 N–H and O–H groups in total. The normalized spacial score (nSPS) is 27.3. The highest BCUT2D eigenvalue weighted by Crippen LogP contribution is 2.27. The highest BCUT2D eigenvalue weighted by atomic mass is 32.2. The van der Waals surface area contributed by atoms with Crippen LogP contribution in [-0.2, 0) is 21.5 Å². The number of carboxylic acids is 1. The molecule has 1 aromatic heterocycles. The van der Waals surface area contributed by atoms with Crippen molar-refractivity contribution in [2.75, 3.05) is 7.05 Å². The minimum absolute atomic E-state index is 0.167. The molecule has 0 amide bonds. The molecule has 0 radical (unpaired) electrons. The van der Waals surface area contributed by atoms with Gasteiger partial charge in [0.25, 0.3) is 10.2 Å². The minimum Gasteiger partial charge on any atom is -0.480 e. The topological polar surface area (TPSA) is 105 Å². The molecule has 9 heteroatoms. The fraction of sp³-hybridized carbons (Fsp3) is 0.600. The minimum atomic E-state index is -3.78. The van der Waals surface area contributed by atoms with E-state index in [1.54, 1.807) is 17.1 Å². The second-order valence-electron chi connectivity index (χ2n) is 4.41. The van der Waals surface area contributed by atoms with Crippen molar-refractivity contribution in [1.82, 2.24) is 18.8 Å². The van der Waals surface area contributed by atoms with Crippen molar-refractivity contribution in [1.29, 1.82) is 0 Å². The van der Waals surface area contributed by atoms with E-state index in [-0.39, 0.29) is 6.42 Å². The van der Waals surface area contributed by atoms with E-state index in [9.17, 15) is 13.2 Å². The molecule has 0 aromatic carbocycles. The van der Waals surface area contributed by atoms with Gasteiger partial charge in [-0.3, -0.25) is 9.48 Å². The summed E-state index contributed by atoms with van der Waals surface area (Å²) in [5, 5.41) is 13.2. The Balaban J connectivity index is 2.30. The van der Waals surface area contributed by atoms with Gasteiger partial charge in [-0.2, -0.15) is 22.5 Å². The molecule has 1 aromatic rings. The highest BCUT2D eigenvalue weighted by Gasteiger charge is 2.40. The molecular weight excluding hydrogens is 272 g/mol. The molecule has 0 spiro atoms. The second kappa shape index (κ2) is 4.91. The lowest BCUT2D eigenvalue weighted by atomic mass is 10.0. The van der Waals surface area contributed by atoms with Crippen molar-refractivity contribution in [2.24, 2.45) is 0 Å². The summed E-state index contributed by atoms with van der Waals surface area (Å²) in [5.74, 6) is -1.15. The number of likely N-dealkylation sites (N-methyl/N-ethyl adjacent to an activating group) is 1. The summed E-state index contributed by atoms with van der Waals surface area (Å²) in [5.41, 5.74) is 0.671. The number of hydrogen-bond donors (Lipinski definition) is 2. The molecule has 0 aliphatic carbocycles. The Morgan fingerprint density at radius 3 is 2.84 bits per heavy atom. The number of aryl methyl sites for hydroxylation is 1. The first kappa shape index (κ1) is 14.0. The molecule has 1 fully saturated rings. The van der Waals surface area contributed by atoms with Gasteiger partial charge in [-0.25, -0.2) is 0 Å². The summed E-state index contributed by atoms with van der Waals surface area (Å²) in [6.45, 7) is 2.58. The maximum Gasteiger partial charge on any atom is 0.322 e. The van der Waals surface area contributed by atoms with E-state index in [0.717, 1.165) is 4.31 Å². The first-order valence-corrected chi connectivity index (χ1v) is 7.29. The van der Waals surface area contributed by atoms with Crippen LogP contribution in [0.3, 0.4) is 0 Å². The lowest BCUT2D eigenvalue weighted by Crippen LogP contribution is -2.54. The summed E-state index contributed by atoms with van der Waals surface area (Å²) in [6, 6.07) is -1.64.